The van der Waals surface area contributed by atoms with Crippen molar-refractivity contribution in [2.24, 2.45) is 0 Å². The monoisotopic (exact) mass is 317 g/mol. The van der Waals surface area contributed by atoms with E-state index in [1.807, 2.05) is 4.68 Å². The molecule has 2 aromatic heterocycles. The summed E-state index contributed by atoms with van der Waals surface area (Å²) in [5.74, 6) is 0.816. The summed E-state index contributed by atoms with van der Waals surface area (Å²) in [7, 11) is 0. The van der Waals surface area contributed by atoms with E-state index >= 15 is 0 Å². The number of amides is 1. The van der Waals surface area contributed by atoms with Gasteiger partial charge in [0.05, 0.1) is 24.0 Å². The number of nitrogens with one attached hydrogen (secondary N) is 1. The molecule has 1 fully saturated rings. The minimum absolute atomic E-state index is 0.102. The number of ether oxygens (including phenoxy) is 1. The van der Waals surface area contributed by atoms with Crippen molar-refractivity contribution >= 4 is 5.91 Å². The highest BCUT2D eigenvalue weighted by molar-refractivity contribution is 5.95. The highest BCUT2D eigenvalue weighted by Gasteiger charge is 2.24. The number of nitrogens with zero attached hydrogens (tertiary/aromatic N) is 4. The van der Waals surface area contributed by atoms with Gasteiger partial charge in [0.15, 0.2) is 5.82 Å². The molecule has 0 aromatic carbocycles. The molecule has 0 radical (unpaired) electrons. The Morgan fingerprint density at radius 2 is 2.35 bits per heavy atom. The number of carbonyl (C=O) groups excluding carboxylic acids is 1. The van der Waals surface area contributed by atoms with Crippen molar-refractivity contribution in [3.05, 3.63) is 29.2 Å². The highest BCUT2D eigenvalue weighted by atomic mass is 16.5. The summed E-state index contributed by atoms with van der Waals surface area (Å²) >= 11 is 0. The molecule has 1 N–H and O–H groups in total. The summed E-state index contributed by atoms with van der Waals surface area (Å²) in [6.45, 7) is 1.85. The van der Waals surface area contributed by atoms with Crippen LogP contribution in [-0.4, -0.2) is 32.4 Å². The van der Waals surface area contributed by atoms with E-state index in [1.54, 1.807) is 6.20 Å². The Labute approximate surface area is 133 Å². The van der Waals surface area contributed by atoms with E-state index in [0.29, 0.717) is 17.3 Å². The third kappa shape index (κ3) is 2.86. The number of hydrogen-bond acceptors (Lipinski definition) is 6. The summed E-state index contributed by atoms with van der Waals surface area (Å²) in [4.78, 5) is 16.6. The summed E-state index contributed by atoms with van der Waals surface area (Å²) in [5.41, 5.74) is 1.66. The third-order valence-electron chi connectivity index (χ3n) is 4.32. The normalized spacial score (nSPS) is 20.4. The number of aromatic nitrogens is 4. The van der Waals surface area contributed by atoms with E-state index in [2.05, 4.69) is 20.6 Å². The topological polar surface area (TPSA) is 95.1 Å². The van der Waals surface area contributed by atoms with Gasteiger partial charge in [-0.25, -0.2) is 0 Å². The van der Waals surface area contributed by atoms with Crippen LogP contribution < -0.4 is 5.32 Å². The van der Waals surface area contributed by atoms with Crippen molar-refractivity contribution in [1.82, 2.24) is 25.2 Å². The average Bonchev–Trinajstić information content (AvgIpc) is 3.31. The molecule has 1 saturated heterocycles. The van der Waals surface area contributed by atoms with Crippen LogP contribution in [0.1, 0.15) is 59.6 Å². The van der Waals surface area contributed by atoms with Gasteiger partial charge in [-0.3, -0.25) is 9.48 Å². The molecule has 2 aliphatic rings. The maximum atomic E-state index is 12.3. The number of fused-ring (bicyclic) bond motifs is 1. The number of aryl methyl sites for hydroxylation is 1. The molecule has 4 heterocycles. The average molecular weight is 317 g/mol. The Kier molecular flexibility index (Phi) is 3.82. The predicted molar refractivity (Wildman–Crippen MR) is 78.6 cm³/mol. The maximum absolute atomic E-state index is 12.3. The fraction of sp³-hybridized carbons (Fsp3) is 0.600. The van der Waals surface area contributed by atoms with E-state index in [0.717, 1.165) is 50.9 Å². The van der Waals surface area contributed by atoms with E-state index < -0.39 is 0 Å². The first kappa shape index (κ1) is 14.4. The van der Waals surface area contributed by atoms with Crippen LogP contribution in [0.25, 0.3) is 0 Å². The first-order valence-electron chi connectivity index (χ1n) is 8.08. The second-order valence-electron chi connectivity index (χ2n) is 5.92. The van der Waals surface area contributed by atoms with Crippen LogP contribution in [0.4, 0.5) is 0 Å². The van der Waals surface area contributed by atoms with Crippen molar-refractivity contribution in [2.75, 3.05) is 6.61 Å². The van der Waals surface area contributed by atoms with Gasteiger partial charge in [-0.2, -0.15) is 10.1 Å². The molecule has 2 aliphatic heterocycles. The second-order valence-corrected chi connectivity index (χ2v) is 5.92. The molecule has 23 heavy (non-hydrogen) atoms. The van der Waals surface area contributed by atoms with Gasteiger partial charge >= 0.3 is 0 Å². The summed E-state index contributed by atoms with van der Waals surface area (Å²) in [5, 5.41) is 11.0. The van der Waals surface area contributed by atoms with Crippen LogP contribution in [0.15, 0.2) is 10.7 Å². The van der Waals surface area contributed by atoms with Gasteiger partial charge in [0.2, 0.25) is 0 Å². The quantitative estimate of drug-likeness (QED) is 0.915. The lowest BCUT2D eigenvalue weighted by molar-refractivity contribution is 0.0835. The van der Waals surface area contributed by atoms with Crippen molar-refractivity contribution in [1.29, 1.82) is 0 Å². The molecule has 8 heteroatoms. The molecule has 2 aromatic rings. The Bertz CT molecular complexity index is 702. The smallest absolute Gasteiger partial charge is 0.255 e. The molecular weight excluding hydrogens is 298 g/mol. The minimum Gasteiger partial charge on any atom is -0.368 e. The van der Waals surface area contributed by atoms with Gasteiger partial charge in [0, 0.05) is 13.2 Å². The lowest BCUT2D eigenvalue weighted by Crippen LogP contribution is -2.25. The van der Waals surface area contributed by atoms with Crippen molar-refractivity contribution < 1.29 is 14.1 Å². The molecule has 8 nitrogen and oxygen atoms in total. The van der Waals surface area contributed by atoms with Crippen molar-refractivity contribution in [2.45, 2.75) is 51.3 Å². The molecule has 0 aliphatic carbocycles. The summed E-state index contributed by atoms with van der Waals surface area (Å²) in [6.07, 6.45) is 6.56. The first-order valence-corrected chi connectivity index (χ1v) is 8.08. The van der Waals surface area contributed by atoms with Gasteiger partial charge in [0.1, 0.15) is 6.10 Å². The number of carbonyl (C=O) groups is 1. The van der Waals surface area contributed by atoms with E-state index in [4.69, 9.17) is 9.26 Å². The van der Waals surface area contributed by atoms with Crippen LogP contribution in [0, 0.1) is 0 Å². The Hall–Kier alpha value is -2.22. The zero-order valence-corrected chi connectivity index (χ0v) is 12.8. The highest BCUT2D eigenvalue weighted by Crippen LogP contribution is 2.26. The fourth-order valence-electron chi connectivity index (χ4n) is 3.11. The fourth-order valence-corrected chi connectivity index (χ4v) is 3.11. The zero-order valence-electron chi connectivity index (χ0n) is 12.8. The van der Waals surface area contributed by atoms with E-state index in [-0.39, 0.29) is 18.6 Å². The van der Waals surface area contributed by atoms with Crippen LogP contribution >= 0.6 is 0 Å². The molecular formula is C15H19N5O3. The standard InChI is InChI=1S/C15H19N5O3/c21-14(10-8-17-20-6-2-1-4-11(10)20)16-9-13-18-15(23-19-13)12-5-3-7-22-12/h8,12H,1-7,9H2,(H,16,21)/t12-/m1/s1. The van der Waals surface area contributed by atoms with Gasteiger partial charge in [-0.15, -0.1) is 0 Å². The van der Waals surface area contributed by atoms with Crippen LogP contribution in [0.3, 0.4) is 0 Å². The van der Waals surface area contributed by atoms with E-state index in [1.165, 1.54) is 0 Å². The van der Waals surface area contributed by atoms with Crippen LogP contribution in [-0.2, 0) is 24.2 Å². The second kappa shape index (κ2) is 6.11. The summed E-state index contributed by atoms with van der Waals surface area (Å²) < 4.78 is 12.6. The lowest BCUT2D eigenvalue weighted by atomic mass is 10.1. The maximum Gasteiger partial charge on any atom is 0.255 e. The van der Waals surface area contributed by atoms with Crippen molar-refractivity contribution in [3.8, 4) is 0 Å². The molecule has 0 unspecified atom stereocenters. The SMILES string of the molecule is O=C(NCc1noc([C@H]2CCCO2)n1)c1cnn2c1CCCC2. The zero-order chi connectivity index (χ0) is 15.6. The third-order valence-corrected chi connectivity index (χ3v) is 4.32. The Balaban J connectivity index is 1.39. The Morgan fingerprint density at radius 3 is 3.22 bits per heavy atom. The first-order chi connectivity index (χ1) is 11.3. The van der Waals surface area contributed by atoms with Gasteiger partial charge in [0.25, 0.3) is 11.8 Å². The number of rotatable bonds is 4. The Morgan fingerprint density at radius 1 is 1.39 bits per heavy atom. The molecule has 0 bridgehead atoms. The number of hydrogen-bond donors (Lipinski definition) is 1. The van der Waals surface area contributed by atoms with Crippen LogP contribution in [0.5, 0.6) is 0 Å². The van der Waals surface area contributed by atoms with Gasteiger partial charge in [-0.1, -0.05) is 5.16 Å². The minimum atomic E-state index is -0.142. The van der Waals surface area contributed by atoms with Crippen molar-refractivity contribution in [3.63, 3.8) is 0 Å². The molecule has 0 spiro atoms. The predicted octanol–water partition coefficient (Wildman–Crippen LogP) is 1.38. The lowest BCUT2D eigenvalue weighted by Gasteiger charge is -2.14. The van der Waals surface area contributed by atoms with Gasteiger partial charge < -0.3 is 14.6 Å². The molecule has 122 valence electrons. The largest absolute Gasteiger partial charge is 0.368 e. The molecule has 1 amide bonds. The molecule has 4 rings (SSSR count). The summed E-state index contributed by atoms with van der Waals surface area (Å²) in [6, 6.07) is 0. The van der Waals surface area contributed by atoms with Crippen LogP contribution in [0.2, 0.25) is 0 Å². The molecule has 1 atom stereocenters. The van der Waals surface area contributed by atoms with Gasteiger partial charge in [-0.05, 0) is 32.1 Å². The van der Waals surface area contributed by atoms with E-state index in [9.17, 15) is 4.79 Å². The molecule has 0 saturated carbocycles.